The van der Waals surface area contributed by atoms with Crippen molar-refractivity contribution in [1.29, 1.82) is 0 Å². The van der Waals surface area contributed by atoms with E-state index in [-0.39, 0.29) is 24.4 Å². The maximum atomic E-state index is 12.8. The number of urea groups is 2. The summed E-state index contributed by atoms with van der Waals surface area (Å²) < 4.78 is 5.45. The molecule has 2 aromatic carbocycles. The second kappa shape index (κ2) is 13.3. The van der Waals surface area contributed by atoms with Crippen molar-refractivity contribution in [2.45, 2.75) is 39.2 Å². The van der Waals surface area contributed by atoms with Crippen molar-refractivity contribution in [1.82, 2.24) is 15.1 Å². The quantitative estimate of drug-likeness (QED) is 0.396. The lowest BCUT2D eigenvalue weighted by Gasteiger charge is -2.35. The van der Waals surface area contributed by atoms with Gasteiger partial charge in [0.05, 0.1) is 19.2 Å². The van der Waals surface area contributed by atoms with Gasteiger partial charge in [-0.1, -0.05) is 24.3 Å². The van der Waals surface area contributed by atoms with Gasteiger partial charge in [-0.3, -0.25) is 9.59 Å². The second-order valence-corrected chi connectivity index (χ2v) is 9.24. The molecule has 1 aliphatic rings. The van der Waals surface area contributed by atoms with Gasteiger partial charge in [-0.15, -0.1) is 0 Å². The first-order valence-electron chi connectivity index (χ1n) is 12.5. The van der Waals surface area contributed by atoms with Crippen LogP contribution >= 0.6 is 0 Å². The van der Waals surface area contributed by atoms with Crippen molar-refractivity contribution >= 4 is 35.3 Å². The van der Waals surface area contributed by atoms with E-state index >= 15 is 0 Å². The van der Waals surface area contributed by atoms with Gasteiger partial charge in [0.1, 0.15) is 5.75 Å². The molecule has 1 fully saturated rings. The molecule has 4 N–H and O–H groups in total. The molecular formula is C27H35N5O6. The summed E-state index contributed by atoms with van der Waals surface area (Å²) in [5, 5.41) is 17.1. The van der Waals surface area contributed by atoms with Gasteiger partial charge >= 0.3 is 18.0 Å². The molecule has 3 rings (SSSR count). The average Bonchev–Trinajstić information content (AvgIpc) is 2.88. The first-order chi connectivity index (χ1) is 18.2. The van der Waals surface area contributed by atoms with Crippen LogP contribution in [0.25, 0.3) is 0 Å². The van der Waals surface area contributed by atoms with E-state index < -0.39 is 12.0 Å². The van der Waals surface area contributed by atoms with Crippen molar-refractivity contribution in [2.75, 3.05) is 43.9 Å². The van der Waals surface area contributed by atoms with Crippen molar-refractivity contribution in [3.05, 3.63) is 53.6 Å². The normalized spacial score (nSPS) is 13.9. The SMILES string of the molecule is COc1cc(CCC(=O)N2CCN(C(=O)NC(C)CC(=O)O)CC2)ccc1NC(=O)Nc1ccccc1C. The topological polar surface area (TPSA) is 140 Å². The smallest absolute Gasteiger partial charge is 0.323 e. The fourth-order valence-electron chi connectivity index (χ4n) is 4.17. The number of anilines is 2. The molecule has 0 aliphatic carbocycles. The Morgan fingerprint density at radius 1 is 0.974 bits per heavy atom. The van der Waals surface area contributed by atoms with E-state index in [2.05, 4.69) is 16.0 Å². The van der Waals surface area contributed by atoms with Gasteiger partial charge in [0.25, 0.3) is 0 Å². The highest BCUT2D eigenvalue weighted by Gasteiger charge is 2.25. The average molecular weight is 526 g/mol. The summed E-state index contributed by atoms with van der Waals surface area (Å²) in [5.74, 6) is -0.491. The zero-order valence-electron chi connectivity index (χ0n) is 22.0. The fraction of sp³-hybridized carbons (Fsp3) is 0.407. The van der Waals surface area contributed by atoms with Crippen LogP contribution in [-0.2, 0) is 16.0 Å². The Morgan fingerprint density at radius 3 is 2.29 bits per heavy atom. The van der Waals surface area contributed by atoms with Crippen molar-refractivity contribution in [2.24, 2.45) is 0 Å². The monoisotopic (exact) mass is 525 g/mol. The van der Waals surface area contributed by atoms with Crippen LogP contribution < -0.4 is 20.7 Å². The van der Waals surface area contributed by atoms with E-state index in [1.807, 2.05) is 37.3 Å². The Hall–Kier alpha value is -4.28. The predicted molar refractivity (Wildman–Crippen MR) is 144 cm³/mol. The Labute approximate surface area is 222 Å². The van der Waals surface area contributed by atoms with Crippen LogP contribution in [0.5, 0.6) is 5.75 Å². The predicted octanol–water partition coefficient (Wildman–Crippen LogP) is 3.30. The van der Waals surface area contributed by atoms with Crippen LogP contribution in [0.15, 0.2) is 42.5 Å². The zero-order chi connectivity index (χ0) is 27.7. The van der Waals surface area contributed by atoms with Crippen LogP contribution in [0.3, 0.4) is 0 Å². The number of hydrogen-bond donors (Lipinski definition) is 4. The first kappa shape index (κ1) is 28.3. The van der Waals surface area contributed by atoms with Crippen LogP contribution in [-0.4, -0.2) is 78.2 Å². The summed E-state index contributed by atoms with van der Waals surface area (Å²) in [7, 11) is 1.52. The lowest BCUT2D eigenvalue weighted by molar-refractivity contribution is -0.137. The minimum Gasteiger partial charge on any atom is -0.495 e. The molecule has 204 valence electrons. The Bertz CT molecular complexity index is 1160. The molecule has 11 nitrogen and oxygen atoms in total. The van der Waals surface area contributed by atoms with Crippen LogP contribution in [0, 0.1) is 6.92 Å². The molecule has 1 unspecified atom stereocenters. The van der Waals surface area contributed by atoms with E-state index in [1.54, 1.807) is 28.9 Å². The fourth-order valence-corrected chi connectivity index (χ4v) is 4.17. The number of rotatable bonds is 9. The molecule has 0 bridgehead atoms. The van der Waals surface area contributed by atoms with Gasteiger partial charge in [0.2, 0.25) is 5.91 Å². The second-order valence-electron chi connectivity index (χ2n) is 9.24. The number of carbonyl (C=O) groups is 4. The number of nitrogens with zero attached hydrogens (tertiary/aromatic N) is 2. The molecule has 5 amide bonds. The number of carboxylic acids is 1. The zero-order valence-corrected chi connectivity index (χ0v) is 22.0. The van der Waals surface area contributed by atoms with Gasteiger partial charge in [0.15, 0.2) is 0 Å². The van der Waals surface area contributed by atoms with Crippen molar-refractivity contribution in [3.8, 4) is 5.75 Å². The molecule has 1 aliphatic heterocycles. The van der Waals surface area contributed by atoms with Crippen LogP contribution in [0.2, 0.25) is 0 Å². The van der Waals surface area contributed by atoms with E-state index in [0.29, 0.717) is 56.1 Å². The molecule has 38 heavy (non-hydrogen) atoms. The third-order valence-electron chi connectivity index (χ3n) is 6.31. The lowest BCUT2D eigenvalue weighted by atomic mass is 10.1. The summed E-state index contributed by atoms with van der Waals surface area (Å²) in [4.78, 5) is 51.6. The maximum Gasteiger partial charge on any atom is 0.323 e. The molecule has 0 saturated carbocycles. The Kier molecular flexibility index (Phi) is 9.92. The van der Waals surface area contributed by atoms with Gasteiger partial charge in [-0.05, 0) is 49.6 Å². The van der Waals surface area contributed by atoms with Crippen molar-refractivity contribution in [3.63, 3.8) is 0 Å². The summed E-state index contributed by atoms with van der Waals surface area (Å²) in [6, 6.07) is 11.7. The standard InChI is InChI=1S/C27H35N5O6/c1-18-6-4-5-7-21(18)29-26(36)30-22-10-8-20(17-23(22)38-3)9-11-24(33)31-12-14-32(15-13-31)27(37)28-19(2)16-25(34)35/h4-8,10,17,19H,9,11-16H2,1-3H3,(H,28,37)(H,34,35)(H2,29,30,36). The van der Waals surface area contributed by atoms with Gasteiger partial charge < -0.3 is 35.6 Å². The minimum atomic E-state index is -0.972. The van der Waals surface area contributed by atoms with E-state index in [4.69, 9.17) is 9.84 Å². The van der Waals surface area contributed by atoms with Gasteiger partial charge in [-0.2, -0.15) is 0 Å². The number of aryl methyl sites for hydroxylation is 2. The number of methoxy groups -OCH3 is 1. The number of benzene rings is 2. The lowest BCUT2D eigenvalue weighted by Crippen LogP contribution is -2.54. The number of ether oxygens (including phenoxy) is 1. The van der Waals surface area contributed by atoms with Crippen LogP contribution in [0.1, 0.15) is 30.9 Å². The Morgan fingerprint density at radius 2 is 1.63 bits per heavy atom. The first-order valence-corrected chi connectivity index (χ1v) is 12.5. The molecule has 0 aromatic heterocycles. The van der Waals surface area contributed by atoms with E-state index in [1.165, 1.54) is 7.11 Å². The van der Waals surface area contributed by atoms with Gasteiger partial charge in [-0.25, -0.2) is 9.59 Å². The number of nitrogens with one attached hydrogen (secondary N) is 3. The summed E-state index contributed by atoms with van der Waals surface area (Å²) in [6.45, 7) is 5.16. The highest BCUT2D eigenvalue weighted by molar-refractivity contribution is 6.01. The highest BCUT2D eigenvalue weighted by Crippen LogP contribution is 2.27. The minimum absolute atomic E-state index is 0.0110. The molecule has 2 aromatic rings. The third-order valence-corrected chi connectivity index (χ3v) is 6.31. The number of piperazine rings is 1. The number of para-hydroxylation sites is 1. The van der Waals surface area contributed by atoms with Crippen LogP contribution in [0.4, 0.5) is 21.0 Å². The van der Waals surface area contributed by atoms with Crippen molar-refractivity contribution < 1.29 is 29.0 Å². The van der Waals surface area contributed by atoms with E-state index in [0.717, 1.165) is 11.1 Å². The molecule has 0 radical (unpaired) electrons. The highest BCUT2D eigenvalue weighted by atomic mass is 16.5. The molecule has 1 atom stereocenters. The summed E-state index contributed by atoms with van der Waals surface area (Å²) in [5.41, 5.74) is 3.07. The molecule has 1 heterocycles. The third kappa shape index (κ3) is 8.12. The molecular weight excluding hydrogens is 490 g/mol. The summed E-state index contributed by atoms with van der Waals surface area (Å²) >= 11 is 0. The number of carboxylic acid groups (broad SMARTS) is 1. The van der Waals surface area contributed by atoms with Gasteiger partial charge in [0, 0.05) is 44.3 Å². The Balaban J connectivity index is 1.47. The molecule has 1 saturated heterocycles. The number of amides is 5. The molecule has 0 spiro atoms. The molecule has 11 heteroatoms. The summed E-state index contributed by atoms with van der Waals surface area (Å²) in [6.07, 6.45) is 0.649. The number of hydrogen-bond acceptors (Lipinski definition) is 5. The van der Waals surface area contributed by atoms with E-state index in [9.17, 15) is 19.2 Å². The number of carbonyl (C=O) groups excluding carboxylic acids is 3. The largest absolute Gasteiger partial charge is 0.495 e. The maximum absolute atomic E-state index is 12.8. The number of aliphatic carboxylic acids is 1.